The summed E-state index contributed by atoms with van der Waals surface area (Å²) < 4.78 is 29.7. The molecule has 0 atom stereocenters. The molecule has 1 saturated heterocycles. The fraction of sp³-hybridized carbons (Fsp3) is 0.450. The number of nitrogens with one attached hydrogen (secondary N) is 1. The summed E-state index contributed by atoms with van der Waals surface area (Å²) >= 11 is 0. The third kappa shape index (κ3) is 4.11. The molecule has 1 fully saturated rings. The minimum atomic E-state index is -3.57. The average Bonchev–Trinajstić information content (AvgIpc) is 3.11. The normalized spacial score (nSPS) is 15.2. The number of aryl methyl sites for hydroxylation is 2. The van der Waals surface area contributed by atoms with Gasteiger partial charge in [0.2, 0.25) is 10.0 Å². The van der Waals surface area contributed by atoms with E-state index in [0.717, 1.165) is 41.1 Å². The molecule has 2 aromatic heterocycles. The number of rotatable bonds is 6. The van der Waals surface area contributed by atoms with Crippen molar-refractivity contribution in [3.63, 3.8) is 0 Å². The van der Waals surface area contributed by atoms with E-state index in [1.54, 1.807) is 23.3 Å². The van der Waals surface area contributed by atoms with E-state index < -0.39 is 10.0 Å². The summed E-state index contributed by atoms with van der Waals surface area (Å²) in [5.41, 5.74) is 2.50. The number of sulfonamides is 1. The molecule has 1 aliphatic rings. The summed E-state index contributed by atoms with van der Waals surface area (Å²) in [4.78, 5) is 11.4. The maximum atomic E-state index is 12.6. The third-order valence-electron chi connectivity index (χ3n) is 5.30. The van der Waals surface area contributed by atoms with Crippen LogP contribution in [0.3, 0.4) is 0 Å². The standard InChI is InChI=1S/C20H26N6O2S/c1-15-6-7-18(16(2)12-15)29(27,28)24-8-11-26-20-17(13-23-26)19(21-14-22-20)25-9-4-3-5-10-25/h6-7,12-14,24H,3-5,8-11H2,1-2H3. The van der Waals surface area contributed by atoms with Crippen LogP contribution in [-0.4, -0.2) is 47.8 Å². The number of hydrogen-bond acceptors (Lipinski definition) is 6. The van der Waals surface area contributed by atoms with Gasteiger partial charge in [-0.3, -0.25) is 0 Å². The molecule has 29 heavy (non-hydrogen) atoms. The summed E-state index contributed by atoms with van der Waals surface area (Å²) in [6.45, 7) is 6.36. The summed E-state index contributed by atoms with van der Waals surface area (Å²) in [6, 6.07) is 5.32. The molecule has 0 unspecified atom stereocenters. The highest BCUT2D eigenvalue weighted by Crippen LogP contribution is 2.25. The van der Waals surface area contributed by atoms with Crippen LogP contribution in [0, 0.1) is 13.8 Å². The molecule has 8 nitrogen and oxygen atoms in total. The highest BCUT2D eigenvalue weighted by Gasteiger charge is 2.19. The van der Waals surface area contributed by atoms with E-state index in [9.17, 15) is 8.42 Å². The quantitative estimate of drug-likeness (QED) is 0.666. The van der Waals surface area contributed by atoms with E-state index in [1.165, 1.54) is 19.3 Å². The molecule has 3 heterocycles. The van der Waals surface area contributed by atoms with E-state index in [2.05, 4.69) is 24.7 Å². The Labute approximate surface area is 171 Å². The van der Waals surface area contributed by atoms with Crippen LogP contribution < -0.4 is 9.62 Å². The van der Waals surface area contributed by atoms with Crippen molar-refractivity contribution in [1.82, 2.24) is 24.5 Å². The lowest BCUT2D eigenvalue weighted by molar-refractivity contribution is 0.564. The van der Waals surface area contributed by atoms with E-state index in [4.69, 9.17) is 0 Å². The molecule has 1 aliphatic heterocycles. The van der Waals surface area contributed by atoms with Crippen molar-refractivity contribution in [2.45, 2.75) is 44.6 Å². The van der Waals surface area contributed by atoms with Crippen molar-refractivity contribution in [3.05, 3.63) is 41.9 Å². The average molecular weight is 415 g/mol. The molecule has 1 N–H and O–H groups in total. The number of aromatic nitrogens is 4. The highest BCUT2D eigenvalue weighted by molar-refractivity contribution is 7.89. The molecule has 0 spiro atoms. The number of piperidine rings is 1. The van der Waals surface area contributed by atoms with Gasteiger partial charge in [-0.25, -0.2) is 27.8 Å². The number of anilines is 1. The predicted octanol–water partition coefficient (Wildman–Crippen LogP) is 2.41. The summed E-state index contributed by atoms with van der Waals surface area (Å²) in [5.74, 6) is 0.914. The molecule has 154 valence electrons. The van der Waals surface area contributed by atoms with Gasteiger partial charge >= 0.3 is 0 Å². The van der Waals surface area contributed by atoms with Crippen LogP contribution in [0.15, 0.2) is 35.6 Å². The highest BCUT2D eigenvalue weighted by atomic mass is 32.2. The second kappa shape index (κ2) is 8.08. The maximum Gasteiger partial charge on any atom is 0.240 e. The predicted molar refractivity (Wildman–Crippen MR) is 112 cm³/mol. The van der Waals surface area contributed by atoms with Crippen molar-refractivity contribution in [1.29, 1.82) is 0 Å². The van der Waals surface area contributed by atoms with Crippen LogP contribution in [-0.2, 0) is 16.6 Å². The molecular formula is C20H26N6O2S. The minimum absolute atomic E-state index is 0.232. The minimum Gasteiger partial charge on any atom is -0.356 e. The van der Waals surface area contributed by atoms with Gasteiger partial charge in [0.25, 0.3) is 0 Å². The summed E-state index contributed by atoms with van der Waals surface area (Å²) in [5, 5.41) is 5.33. The number of nitrogens with zero attached hydrogens (tertiary/aromatic N) is 5. The van der Waals surface area contributed by atoms with Crippen molar-refractivity contribution in [3.8, 4) is 0 Å². The monoisotopic (exact) mass is 414 g/mol. The van der Waals surface area contributed by atoms with E-state index in [1.807, 2.05) is 26.0 Å². The summed E-state index contributed by atoms with van der Waals surface area (Å²) in [6.07, 6.45) is 6.92. The molecule has 0 amide bonds. The van der Waals surface area contributed by atoms with Crippen molar-refractivity contribution < 1.29 is 8.42 Å². The third-order valence-corrected chi connectivity index (χ3v) is 6.93. The first-order valence-corrected chi connectivity index (χ1v) is 11.4. The molecule has 3 aromatic rings. The van der Waals surface area contributed by atoms with Gasteiger partial charge < -0.3 is 4.90 Å². The van der Waals surface area contributed by atoms with Gasteiger partial charge in [-0.2, -0.15) is 5.10 Å². The fourth-order valence-corrected chi connectivity index (χ4v) is 5.11. The van der Waals surface area contributed by atoms with Crippen LogP contribution in [0.1, 0.15) is 30.4 Å². The van der Waals surface area contributed by atoms with Crippen molar-refractivity contribution in [2.24, 2.45) is 0 Å². The zero-order chi connectivity index (χ0) is 20.4. The SMILES string of the molecule is Cc1ccc(S(=O)(=O)NCCn2ncc3c(N4CCCCC4)ncnc32)c(C)c1. The Morgan fingerprint density at radius 3 is 2.66 bits per heavy atom. The molecule has 0 radical (unpaired) electrons. The van der Waals surface area contributed by atoms with Gasteiger partial charge in [0, 0.05) is 19.6 Å². The van der Waals surface area contributed by atoms with Crippen LogP contribution in [0.5, 0.6) is 0 Å². The Bertz CT molecular complexity index is 1120. The Morgan fingerprint density at radius 1 is 1.10 bits per heavy atom. The van der Waals surface area contributed by atoms with Gasteiger partial charge in [0.15, 0.2) is 5.65 Å². The van der Waals surface area contributed by atoms with Gasteiger partial charge in [-0.15, -0.1) is 0 Å². The van der Waals surface area contributed by atoms with Crippen LogP contribution >= 0.6 is 0 Å². The smallest absolute Gasteiger partial charge is 0.240 e. The van der Waals surface area contributed by atoms with Crippen LogP contribution in [0.2, 0.25) is 0 Å². The van der Waals surface area contributed by atoms with Gasteiger partial charge in [-0.05, 0) is 44.7 Å². The lowest BCUT2D eigenvalue weighted by Gasteiger charge is -2.27. The Morgan fingerprint density at radius 2 is 1.90 bits per heavy atom. The van der Waals surface area contributed by atoms with Gasteiger partial charge in [0.1, 0.15) is 12.1 Å². The second-order valence-corrected chi connectivity index (χ2v) is 9.25. The Kier molecular flexibility index (Phi) is 5.51. The van der Waals surface area contributed by atoms with E-state index in [-0.39, 0.29) is 6.54 Å². The fourth-order valence-electron chi connectivity index (χ4n) is 3.87. The second-order valence-electron chi connectivity index (χ2n) is 7.52. The number of hydrogen-bond donors (Lipinski definition) is 1. The van der Waals surface area contributed by atoms with Gasteiger partial charge in [0.05, 0.1) is 23.0 Å². The summed E-state index contributed by atoms with van der Waals surface area (Å²) in [7, 11) is -3.57. The maximum absolute atomic E-state index is 12.6. The molecule has 9 heteroatoms. The number of benzene rings is 1. The Hall–Kier alpha value is -2.52. The molecule has 1 aromatic carbocycles. The van der Waals surface area contributed by atoms with E-state index in [0.29, 0.717) is 11.4 Å². The topological polar surface area (TPSA) is 93.0 Å². The zero-order valence-electron chi connectivity index (χ0n) is 16.8. The first kappa shape index (κ1) is 19.8. The zero-order valence-corrected chi connectivity index (χ0v) is 17.6. The molecule has 0 aliphatic carbocycles. The lowest BCUT2D eigenvalue weighted by Crippen LogP contribution is -2.30. The van der Waals surface area contributed by atoms with Gasteiger partial charge in [-0.1, -0.05) is 17.7 Å². The Balaban J connectivity index is 1.49. The van der Waals surface area contributed by atoms with E-state index >= 15 is 0 Å². The molecular weight excluding hydrogens is 388 g/mol. The largest absolute Gasteiger partial charge is 0.356 e. The van der Waals surface area contributed by atoms with Crippen molar-refractivity contribution >= 4 is 26.9 Å². The van der Waals surface area contributed by atoms with Crippen molar-refractivity contribution in [2.75, 3.05) is 24.5 Å². The first-order chi connectivity index (χ1) is 14.0. The first-order valence-electron chi connectivity index (χ1n) is 9.94. The number of fused-ring (bicyclic) bond motifs is 1. The van der Waals surface area contributed by atoms with Crippen LogP contribution in [0.4, 0.5) is 5.82 Å². The molecule has 0 bridgehead atoms. The van der Waals surface area contributed by atoms with Crippen LogP contribution in [0.25, 0.3) is 11.0 Å². The lowest BCUT2D eigenvalue weighted by atomic mass is 10.1. The molecule has 0 saturated carbocycles. The molecule has 4 rings (SSSR count).